The lowest BCUT2D eigenvalue weighted by Gasteiger charge is -2.28. The molecule has 0 aromatic carbocycles. The predicted octanol–water partition coefficient (Wildman–Crippen LogP) is 2.39. The molecule has 1 fully saturated rings. The van der Waals surface area contributed by atoms with Crippen molar-refractivity contribution in [2.24, 2.45) is 11.8 Å². The Bertz CT molecular complexity index is 203. The summed E-state index contributed by atoms with van der Waals surface area (Å²) in [5, 5.41) is 0. The number of rotatable bonds is 4. The smallest absolute Gasteiger partial charge is 0.306 e. The number of esters is 1. The summed E-state index contributed by atoms with van der Waals surface area (Å²) < 4.78 is 10.8. The Morgan fingerprint density at radius 1 is 1.60 bits per heavy atom. The maximum atomic E-state index is 11.6. The van der Waals surface area contributed by atoms with E-state index in [0.717, 1.165) is 12.8 Å². The molecule has 3 atom stereocenters. The van der Waals surface area contributed by atoms with Crippen LogP contribution in [0.4, 0.5) is 0 Å². The normalized spacial score (nSPS) is 28.5. The highest BCUT2D eigenvalue weighted by Gasteiger charge is 2.25. The molecule has 3 nitrogen and oxygen atoms in total. The van der Waals surface area contributed by atoms with E-state index in [1.807, 2.05) is 0 Å². The summed E-state index contributed by atoms with van der Waals surface area (Å²) in [5.74, 6) is 0.704. The van der Waals surface area contributed by atoms with Gasteiger partial charge < -0.3 is 9.47 Å². The van der Waals surface area contributed by atoms with Crippen molar-refractivity contribution in [1.82, 2.24) is 0 Å². The second-order valence-corrected chi connectivity index (χ2v) is 4.59. The van der Waals surface area contributed by atoms with Gasteiger partial charge in [0.05, 0.1) is 13.2 Å². The molecule has 0 aliphatic carbocycles. The molecule has 0 bridgehead atoms. The number of hydrogen-bond donors (Lipinski definition) is 0. The van der Waals surface area contributed by atoms with Crippen LogP contribution in [-0.4, -0.2) is 25.3 Å². The van der Waals surface area contributed by atoms with Gasteiger partial charge in [-0.1, -0.05) is 27.2 Å². The van der Waals surface area contributed by atoms with Gasteiger partial charge in [-0.25, -0.2) is 0 Å². The van der Waals surface area contributed by atoms with E-state index in [0.29, 0.717) is 31.5 Å². The van der Waals surface area contributed by atoms with Gasteiger partial charge in [0.15, 0.2) is 0 Å². The molecule has 0 saturated carbocycles. The average Bonchev–Trinajstić information content (AvgIpc) is 2.21. The van der Waals surface area contributed by atoms with Gasteiger partial charge in [-0.2, -0.15) is 0 Å². The van der Waals surface area contributed by atoms with Crippen LogP contribution in [0.5, 0.6) is 0 Å². The van der Waals surface area contributed by atoms with Crippen LogP contribution >= 0.6 is 0 Å². The van der Waals surface area contributed by atoms with Crippen LogP contribution in [-0.2, 0) is 14.3 Å². The van der Waals surface area contributed by atoms with Gasteiger partial charge in [0.25, 0.3) is 0 Å². The zero-order valence-electron chi connectivity index (χ0n) is 9.99. The second-order valence-electron chi connectivity index (χ2n) is 4.59. The number of carbonyl (C=O) groups is 1. The lowest BCUT2D eigenvalue weighted by atomic mass is 10.0. The lowest BCUT2D eigenvalue weighted by Crippen LogP contribution is -2.34. The minimum absolute atomic E-state index is 0.0527. The molecule has 0 spiro atoms. The van der Waals surface area contributed by atoms with E-state index in [-0.39, 0.29) is 12.1 Å². The quantitative estimate of drug-likeness (QED) is 0.674. The fourth-order valence-electron chi connectivity index (χ4n) is 1.68. The van der Waals surface area contributed by atoms with Crippen molar-refractivity contribution in [2.45, 2.75) is 46.1 Å². The maximum absolute atomic E-state index is 11.6. The Kier molecular flexibility index (Phi) is 5.09. The van der Waals surface area contributed by atoms with Gasteiger partial charge >= 0.3 is 5.97 Å². The molecule has 0 amide bonds. The third-order valence-electron chi connectivity index (χ3n) is 3.06. The molecular weight excluding hydrogens is 192 g/mol. The standard InChI is InChI=1S/C12H22O3/c1-4-9(2)7-12(13)15-11-5-6-14-8-10(11)3/h9-11H,4-8H2,1-3H3/t9-,10-,11-/m0/s1. The highest BCUT2D eigenvalue weighted by atomic mass is 16.6. The molecule has 1 heterocycles. The van der Waals surface area contributed by atoms with Crippen molar-refractivity contribution in [3.63, 3.8) is 0 Å². The van der Waals surface area contributed by atoms with Crippen molar-refractivity contribution in [1.29, 1.82) is 0 Å². The number of carbonyl (C=O) groups excluding carboxylic acids is 1. The molecule has 0 N–H and O–H groups in total. The van der Waals surface area contributed by atoms with Crippen LogP contribution in [0.15, 0.2) is 0 Å². The van der Waals surface area contributed by atoms with Gasteiger partial charge in [-0.05, 0) is 5.92 Å². The van der Waals surface area contributed by atoms with Crippen molar-refractivity contribution in [2.75, 3.05) is 13.2 Å². The van der Waals surface area contributed by atoms with E-state index in [1.54, 1.807) is 0 Å². The predicted molar refractivity (Wildman–Crippen MR) is 58.6 cm³/mol. The molecule has 0 radical (unpaired) electrons. The van der Waals surface area contributed by atoms with Gasteiger partial charge in [0, 0.05) is 18.8 Å². The Hall–Kier alpha value is -0.570. The Labute approximate surface area is 92.1 Å². The fourth-order valence-corrected chi connectivity index (χ4v) is 1.68. The molecule has 1 aliphatic rings. The maximum Gasteiger partial charge on any atom is 0.306 e. The molecular formula is C12H22O3. The molecule has 15 heavy (non-hydrogen) atoms. The summed E-state index contributed by atoms with van der Waals surface area (Å²) in [5.41, 5.74) is 0. The topological polar surface area (TPSA) is 35.5 Å². The van der Waals surface area contributed by atoms with Crippen LogP contribution in [0.25, 0.3) is 0 Å². The molecule has 1 saturated heterocycles. The third-order valence-corrected chi connectivity index (χ3v) is 3.06. The lowest BCUT2D eigenvalue weighted by molar-refractivity contribution is -0.158. The van der Waals surface area contributed by atoms with Crippen LogP contribution in [0.1, 0.15) is 40.0 Å². The molecule has 3 heteroatoms. The molecule has 88 valence electrons. The first-order valence-corrected chi connectivity index (χ1v) is 5.90. The largest absolute Gasteiger partial charge is 0.462 e. The molecule has 1 aliphatic heterocycles. The SMILES string of the molecule is CC[C@H](C)CC(=O)O[C@H]1CCOC[C@@H]1C. The Morgan fingerprint density at radius 2 is 2.33 bits per heavy atom. The zero-order valence-corrected chi connectivity index (χ0v) is 9.99. The minimum atomic E-state index is -0.0527. The van der Waals surface area contributed by atoms with E-state index in [1.165, 1.54) is 0 Å². The Morgan fingerprint density at radius 3 is 2.93 bits per heavy atom. The number of hydrogen-bond acceptors (Lipinski definition) is 3. The van der Waals surface area contributed by atoms with Crippen LogP contribution in [0.3, 0.4) is 0 Å². The van der Waals surface area contributed by atoms with E-state index < -0.39 is 0 Å². The number of ether oxygens (including phenoxy) is 2. The summed E-state index contributed by atoms with van der Waals surface area (Å²) in [7, 11) is 0. The fraction of sp³-hybridized carbons (Fsp3) is 0.917. The first-order valence-electron chi connectivity index (χ1n) is 5.90. The summed E-state index contributed by atoms with van der Waals surface area (Å²) >= 11 is 0. The summed E-state index contributed by atoms with van der Waals surface area (Å²) in [4.78, 5) is 11.6. The van der Waals surface area contributed by atoms with Crippen molar-refractivity contribution >= 4 is 5.97 Å². The highest BCUT2D eigenvalue weighted by Crippen LogP contribution is 2.19. The average molecular weight is 214 g/mol. The molecule has 0 aromatic rings. The van der Waals surface area contributed by atoms with Crippen molar-refractivity contribution in [3.05, 3.63) is 0 Å². The van der Waals surface area contributed by atoms with Crippen molar-refractivity contribution in [3.8, 4) is 0 Å². The summed E-state index contributed by atoms with van der Waals surface area (Å²) in [6.07, 6.45) is 2.47. The van der Waals surface area contributed by atoms with Crippen LogP contribution in [0, 0.1) is 11.8 Å². The van der Waals surface area contributed by atoms with E-state index in [2.05, 4.69) is 20.8 Å². The second kappa shape index (κ2) is 6.11. The zero-order chi connectivity index (χ0) is 11.3. The summed E-state index contributed by atoms with van der Waals surface area (Å²) in [6, 6.07) is 0. The van der Waals surface area contributed by atoms with Crippen LogP contribution < -0.4 is 0 Å². The molecule has 1 rings (SSSR count). The first kappa shape index (κ1) is 12.5. The van der Waals surface area contributed by atoms with E-state index >= 15 is 0 Å². The summed E-state index contributed by atoms with van der Waals surface area (Å²) in [6.45, 7) is 7.66. The van der Waals surface area contributed by atoms with Crippen molar-refractivity contribution < 1.29 is 14.3 Å². The minimum Gasteiger partial charge on any atom is -0.462 e. The monoisotopic (exact) mass is 214 g/mol. The van der Waals surface area contributed by atoms with Gasteiger partial charge in [0.1, 0.15) is 6.10 Å². The highest BCUT2D eigenvalue weighted by molar-refractivity contribution is 5.69. The van der Waals surface area contributed by atoms with Gasteiger partial charge in [0.2, 0.25) is 0 Å². The molecule has 0 aromatic heterocycles. The van der Waals surface area contributed by atoms with Gasteiger partial charge in [-0.15, -0.1) is 0 Å². The van der Waals surface area contributed by atoms with E-state index in [4.69, 9.17) is 9.47 Å². The van der Waals surface area contributed by atoms with E-state index in [9.17, 15) is 4.79 Å². The molecule has 0 unspecified atom stereocenters. The Balaban J connectivity index is 2.29. The van der Waals surface area contributed by atoms with Gasteiger partial charge in [-0.3, -0.25) is 4.79 Å². The third kappa shape index (κ3) is 4.20. The van der Waals surface area contributed by atoms with Crippen LogP contribution in [0.2, 0.25) is 0 Å². The first-order chi connectivity index (χ1) is 7.13.